The zero-order valence-corrected chi connectivity index (χ0v) is 15.9. The van der Waals surface area contributed by atoms with Gasteiger partial charge in [0.15, 0.2) is 5.16 Å². The number of rotatable bonds is 6. The summed E-state index contributed by atoms with van der Waals surface area (Å²) < 4.78 is 1.58. The van der Waals surface area contributed by atoms with E-state index in [1.807, 2.05) is 37.3 Å². The monoisotopic (exact) mass is 374 g/mol. The molecule has 1 saturated carbocycles. The summed E-state index contributed by atoms with van der Waals surface area (Å²) in [5.41, 5.74) is 0.765. The van der Waals surface area contributed by atoms with Crippen LogP contribution in [0.15, 0.2) is 40.3 Å². The minimum atomic E-state index is -0.303. The molecule has 1 fully saturated rings. The molecule has 0 spiro atoms. The number of hydrogen-bond acceptors (Lipinski definition) is 4. The van der Waals surface area contributed by atoms with Gasteiger partial charge in [0.05, 0.1) is 11.8 Å². The van der Waals surface area contributed by atoms with Crippen LogP contribution in [0.5, 0.6) is 0 Å². The molecule has 140 valence electrons. The molecule has 1 aliphatic carbocycles. The van der Waals surface area contributed by atoms with Crippen molar-refractivity contribution >= 4 is 17.7 Å². The van der Waals surface area contributed by atoms with Crippen LogP contribution in [0.4, 0.5) is 0 Å². The number of H-pyrrole nitrogens is 1. The molecule has 7 heteroatoms. The molecule has 1 aromatic heterocycles. The molecule has 26 heavy (non-hydrogen) atoms. The molecule has 2 N–H and O–H groups in total. The second kappa shape index (κ2) is 9.07. The number of thioether (sulfide) groups is 1. The normalized spacial score (nSPS) is 16.8. The first-order chi connectivity index (χ1) is 12.6. The van der Waals surface area contributed by atoms with Crippen molar-refractivity contribution in [3.63, 3.8) is 0 Å². The van der Waals surface area contributed by atoms with Gasteiger partial charge < -0.3 is 5.32 Å². The predicted molar refractivity (Wildman–Crippen MR) is 103 cm³/mol. The van der Waals surface area contributed by atoms with Crippen LogP contribution in [-0.2, 0) is 11.3 Å². The molecule has 1 aliphatic rings. The van der Waals surface area contributed by atoms with Gasteiger partial charge in [-0.25, -0.2) is 9.89 Å². The Morgan fingerprint density at radius 3 is 2.65 bits per heavy atom. The fourth-order valence-electron chi connectivity index (χ4n) is 3.25. The molecule has 0 saturated heterocycles. The highest BCUT2D eigenvalue weighted by Crippen LogP contribution is 2.22. The van der Waals surface area contributed by atoms with Crippen molar-refractivity contribution in [1.82, 2.24) is 20.1 Å². The first kappa shape index (κ1) is 18.8. The summed E-state index contributed by atoms with van der Waals surface area (Å²) in [7, 11) is 0. The molecule has 2 aromatic rings. The van der Waals surface area contributed by atoms with Crippen molar-refractivity contribution in [3.8, 4) is 0 Å². The van der Waals surface area contributed by atoms with Crippen LogP contribution >= 0.6 is 11.8 Å². The van der Waals surface area contributed by atoms with Gasteiger partial charge in [-0.3, -0.25) is 9.36 Å². The summed E-state index contributed by atoms with van der Waals surface area (Å²) in [5.74, 6) is 0.0172. The maximum atomic E-state index is 12.5. The summed E-state index contributed by atoms with van der Waals surface area (Å²) in [4.78, 5) is 24.6. The third kappa shape index (κ3) is 5.00. The van der Waals surface area contributed by atoms with E-state index in [1.54, 1.807) is 4.57 Å². The summed E-state index contributed by atoms with van der Waals surface area (Å²) >= 11 is 1.32. The zero-order chi connectivity index (χ0) is 18.4. The number of carbonyl (C=O) groups is 1. The molecule has 1 aromatic carbocycles. The Morgan fingerprint density at radius 2 is 1.96 bits per heavy atom. The van der Waals surface area contributed by atoms with E-state index in [4.69, 9.17) is 0 Å². The van der Waals surface area contributed by atoms with Crippen LogP contribution in [0.1, 0.15) is 51.0 Å². The highest BCUT2D eigenvalue weighted by Gasteiger charge is 2.22. The number of benzene rings is 1. The van der Waals surface area contributed by atoms with Crippen LogP contribution in [-0.4, -0.2) is 32.0 Å². The summed E-state index contributed by atoms with van der Waals surface area (Å²) in [5, 5.41) is 10.0. The Balaban J connectivity index is 1.62. The molecule has 0 unspecified atom stereocenters. The smallest absolute Gasteiger partial charge is 0.344 e. The molecule has 1 amide bonds. The highest BCUT2D eigenvalue weighted by atomic mass is 32.2. The number of aromatic amines is 1. The summed E-state index contributed by atoms with van der Waals surface area (Å²) in [6.45, 7) is 2.30. The van der Waals surface area contributed by atoms with Crippen molar-refractivity contribution in [2.45, 2.75) is 68.4 Å². The Bertz CT molecular complexity index is 763. The van der Waals surface area contributed by atoms with E-state index in [1.165, 1.54) is 37.4 Å². The van der Waals surface area contributed by atoms with E-state index in [-0.39, 0.29) is 22.9 Å². The van der Waals surface area contributed by atoms with Gasteiger partial charge in [-0.15, -0.1) is 5.10 Å². The van der Waals surface area contributed by atoms with Crippen LogP contribution in [0.25, 0.3) is 0 Å². The van der Waals surface area contributed by atoms with Gasteiger partial charge in [-0.05, 0) is 25.3 Å². The Labute approximate surface area is 157 Å². The third-order valence-electron chi connectivity index (χ3n) is 4.76. The van der Waals surface area contributed by atoms with Gasteiger partial charge in [-0.1, -0.05) is 67.8 Å². The number of hydrogen-bond donors (Lipinski definition) is 2. The van der Waals surface area contributed by atoms with Crippen LogP contribution in [0.3, 0.4) is 0 Å². The molecule has 6 nitrogen and oxygen atoms in total. The van der Waals surface area contributed by atoms with E-state index in [2.05, 4.69) is 15.5 Å². The van der Waals surface area contributed by atoms with E-state index in [0.717, 1.165) is 18.4 Å². The molecule has 3 rings (SSSR count). The van der Waals surface area contributed by atoms with E-state index in [0.29, 0.717) is 11.7 Å². The molecule has 1 heterocycles. The lowest BCUT2D eigenvalue weighted by molar-refractivity contribution is -0.121. The average Bonchev–Trinajstić information content (AvgIpc) is 2.85. The van der Waals surface area contributed by atoms with E-state index in [9.17, 15) is 9.59 Å². The summed E-state index contributed by atoms with van der Waals surface area (Å²) in [6.07, 6.45) is 7.00. The number of nitrogens with zero attached hydrogens (tertiary/aromatic N) is 2. The Morgan fingerprint density at radius 1 is 1.27 bits per heavy atom. The zero-order valence-electron chi connectivity index (χ0n) is 15.1. The molecular weight excluding hydrogens is 348 g/mol. The van der Waals surface area contributed by atoms with Crippen molar-refractivity contribution in [2.24, 2.45) is 0 Å². The number of nitrogens with one attached hydrogen (secondary N) is 2. The van der Waals surface area contributed by atoms with Gasteiger partial charge >= 0.3 is 5.69 Å². The van der Waals surface area contributed by atoms with E-state index >= 15 is 0 Å². The Kier molecular flexibility index (Phi) is 6.55. The van der Waals surface area contributed by atoms with Crippen molar-refractivity contribution in [3.05, 3.63) is 46.4 Å². The lowest BCUT2D eigenvalue weighted by atomic mass is 10.1. The quantitative estimate of drug-likeness (QED) is 0.602. The van der Waals surface area contributed by atoms with Crippen molar-refractivity contribution < 1.29 is 4.79 Å². The lowest BCUT2D eigenvalue weighted by Gasteiger charge is -2.19. The molecule has 1 atom stereocenters. The lowest BCUT2D eigenvalue weighted by Crippen LogP contribution is -2.39. The molecule has 0 radical (unpaired) electrons. The topological polar surface area (TPSA) is 79.8 Å². The van der Waals surface area contributed by atoms with E-state index < -0.39 is 0 Å². The minimum Gasteiger partial charge on any atom is -0.352 e. The Hall–Kier alpha value is -2.02. The summed E-state index contributed by atoms with van der Waals surface area (Å²) in [6, 6.07) is 10.0. The van der Waals surface area contributed by atoms with Crippen LogP contribution in [0.2, 0.25) is 0 Å². The van der Waals surface area contributed by atoms with Gasteiger partial charge in [0.25, 0.3) is 0 Å². The average molecular weight is 375 g/mol. The number of aromatic nitrogens is 3. The standard InChI is InChI=1S/C19H26N4O2S/c1-14(17(24)20-16-11-7-2-3-8-12-16)26-19-22-21-18(25)23(19)13-15-9-5-4-6-10-15/h4-6,9-10,14,16H,2-3,7-8,11-13H2,1H3,(H,20,24)(H,21,25)/t14-/m1/s1. The predicted octanol–water partition coefficient (Wildman–Crippen LogP) is 2.94. The van der Waals surface area contributed by atoms with Gasteiger partial charge in [0.1, 0.15) is 0 Å². The fourth-order valence-corrected chi connectivity index (χ4v) is 4.12. The molecule has 0 bridgehead atoms. The third-order valence-corrected chi connectivity index (χ3v) is 5.85. The van der Waals surface area contributed by atoms with Gasteiger partial charge in [0.2, 0.25) is 5.91 Å². The molecular formula is C19H26N4O2S. The largest absolute Gasteiger partial charge is 0.352 e. The highest BCUT2D eigenvalue weighted by molar-refractivity contribution is 8.00. The minimum absolute atomic E-state index is 0.0172. The number of amides is 1. The maximum absolute atomic E-state index is 12.5. The van der Waals surface area contributed by atoms with Crippen molar-refractivity contribution in [2.75, 3.05) is 0 Å². The van der Waals surface area contributed by atoms with Crippen molar-refractivity contribution in [1.29, 1.82) is 0 Å². The second-order valence-electron chi connectivity index (χ2n) is 6.84. The maximum Gasteiger partial charge on any atom is 0.344 e. The van der Waals surface area contributed by atoms with Crippen LogP contribution in [0, 0.1) is 0 Å². The van der Waals surface area contributed by atoms with Gasteiger partial charge in [-0.2, -0.15) is 0 Å². The fraction of sp³-hybridized carbons (Fsp3) is 0.526. The molecule has 0 aliphatic heterocycles. The first-order valence-corrected chi connectivity index (χ1v) is 10.2. The van der Waals surface area contributed by atoms with Crippen LogP contribution < -0.4 is 11.0 Å². The van der Waals surface area contributed by atoms with Gasteiger partial charge in [0, 0.05) is 6.04 Å². The number of carbonyl (C=O) groups excluding carboxylic acids is 1. The SMILES string of the molecule is C[C@@H](Sc1n[nH]c(=O)n1Cc1ccccc1)C(=O)NC1CCCCCC1. The first-order valence-electron chi connectivity index (χ1n) is 9.29. The second-order valence-corrected chi connectivity index (χ2v) is 8.15.